The Balaban J connectivity index is 0.000000388. The van der Waals surface area contributed by atoms with Gasteiger partial charge in [-0.2, -0.15) is 12.6 Å². The second-order valence-electron chi connectivity index (χ2n) is 4.62. The van der Waals surface area contributed by atoms with E-state index in [0.29, 0.717) is 25.7 Å². The summed E-state index contributed by atoms with van der Waals surface area (Å²) in [4.78, 5) is 31.0. The monoisotopic (exact) mass is 289 g/mol. The highest BCUT2D eigenvalue weighted by molar-refractivity contribution is 7.82. The highest BCUT2D eigenvalue weighted by atomic mass is 32.1. The van der Waals surface area contributed by atoms with Crippen LogP contribution in [-0.4, -0.2) is 27.6 Å². The zero-order valence-electron chi connectivity index (χ0n) is 11.6. The predicted octanol–water partition coefficient (Wildman–Crippen LogP) is 2.15. The minimum absolute atomic E-state index is 0.148. The number of imide groups is 1. The van der Waals surface area contributed by atoms with Crippen molar-refractivity contribution in [3.63, 3.8) is 0 Å². The summed E-state index contributed by atoms with van der Waals surface area (Å²) < 4.78 is -0.796. The van der Waals surface area contributed by atoms with E-state index in [1.165, 1.54) is 0 Å². The fourth-order valence-corrected chi connectivity index (χ4v) is 1.77. The van der Waals surface area contributed by atoms with Gasteiger partial charge in [0.25, 0.3) is 0 Å². The Morgan fingerprint density at radius 3 is 2.05 bits per heavy atom. The van der Waals surface area contributed by atoms with E-state index < -0.39 is 10.7 Å². The molecule has 0 saturated carbocycles. The van der Waals surface area contributed by atoms with Crippen molar-refractivity contribution in [1.82, 2.24) is 5.32 Å². The fraction of sp³-hybridized carbons (Fsp3) is 0.769. The summed E-state index contributed by atoms with van der Waals surface area (Å²) >= 11 is 4.19. The van der Waals surface area contributed by atoms with Crippen LogP contribution in [0, 0.1) is 0 Å². The molecule has 1 aliphatic heterocycles. The molecule has 0 aromatic heterocycles. The minimum atomic E-state index is -0.796. The van der Waals surface area contributed by atoms with Gasteiger partial charge in [0.05, 0.1) is 0 Å². The van der Waals surface area contributed by atoms with Crippen LogP contribution < -0.4 is 5.32 Å². The van der Waals surface area contributed by atoms with Gasteiger partial charge in [-0.15, -0.1) is 0 Å². The Bertz CT molecular complexity index is 319. The molecule has 1 unspecified atom stereocenters. The van der Waals surface area contributed by atoms with Crippen molar-refractivity contribution in [3.05, 3.63) is 0 Å². The van der Waals surface area contributed by atoms with E-state index in [-0.39, 0.29) is 11.8 Å². The number of amides is 2. The number of aliphatic carboxylic acids is 1. The molecular formula is C13H23NO4S. The van der Waals surface area contributed by atoms with E-state index in [2.05, 4.69) is 24.9 Å². The summed E-state index contributed by atoms with van der Waals surface area (Å²) in [7, 11) is 0. The van der Waals surface area contributed by atoms with Crippen molar-refractivity contribution in [2.45, 2.75) is 63.5 Å². The standard InChI is InChI=1S/C9H18O2S.C4H5NO2/c1-3-5-6-7-9(12,4-2)8(10)11;6-3-1-2-4(7)5-3/h12H,3-7H2,1-2H3,(H,10,11);1-2H2,(H,5,6,7). The molecule has 1 heterocycles. The van der Waals surface area contributed by atoms with Gasteiger partial charge in [-0.05, 0) is 12.8 Å². The highest BCUT2D eigenvalue weighted by Crippen LogP contribution is 2.26. The minimum Gasteiger partial charge on any atom is -0.480 e. The second-order valence-corrected chi connectivity index (χ2v) is 5.47. The molecule has 6 heteroatoms. The number of carboxylic acid groups (broad SMARTS) is 1. The molecule has 5 nitrogen and oxygen atoms in total. The lowest BCUT2D eigenvalue weighted by Gasteiger charge is -2.21. The van der Waals surface area contributed by atoms with Gasteiger partial charge in [0.15, 0.2) is 0 Å². The normalized spacial score (nSPS) is 17.2. The topological polar surface area (TPSA) is 83.5 Å². The average molecular weight is 289 g/mol. The molecule has 1 atom stereocenters. The smallest absolute Gasteiger partial charge is 0.319 e. The number of hydrogen-bond acceptors (Lipinski definition) is 4. The highest BCUT2D eigenvalue weighted by Gasteiger charge is 2.31. The van der Waals surface area contributed by atoms with E-state index in [1.54, 1.807) is 0 Å². The molecule has 0 aliphatic carbocycles. The number of nitrogens with one attached hydrogen (secondary N) is 1. The number of unbranched alkanes of at least 4 members (excludes halogenated alkanes) is 2. The molecule has 0 radical (unpaired) electrons. The Kier molecular flexibility index (Phi) is 8.47. The molecule has 0 aromatic rings. The number of rotatable bonds is 6. The van der Waals surface area contributed by atoms with Crippen molar-refractivity contribution in [1.29, 1.82) is 0 Å². The summed E-state index contributed by atoms with van der Waals surface area (Å²) in [5, 5.41) is 11.0. The van der Waals surface area contributed by atoms with Gasteiger partial charge in [-0.25, -0.2) is 0 Å². The van der Waals surface area contributed by atoms with E-state index in [4.69, 9.17) is 5.11 Å². The second kappa shape index (κ2) is 8.96. The molecule has 2 amide bonds. The fourth-order valence-electron chi connectivity index (χ4n) is 1.61. The van der Waals surface area contributed by atoms with Gasteiger partial charge in [0.2, 0.25) is 11.8 Å². The molecule has 1 aliphatic rings. The molecular weight excluding hydrogens is 266 g/mol. The van der Waals surface area contributed by atoms with Crippen LogP contribution in [0.2, 0.25) is 0 Å². The SMILES string of the molecule is CCCCCC(S)(CC)C(=O)O.O=C1CCC(=O)N1. The Morgan fingerprint density at radius 2 is 1.79 bits per heavy atom. The van der Waals surface area contributed by atoms with E-state index in [0.717, 1.165) is 19.3 Å². The van der Waals surface area contributed by atoms with Crippen molar-refractivity contribution in [3.8, 4) is 0 Å². The van der Waals surface area contributed by atoms with Crippen LogP contribution in [0.5, 0.6) is 0 Å². The molecule has 19 heavy (non-hydrogen) atoms. The molecule has 2 N–H and O–H groups in total. The van der Waals surface area contributed by atoms with Gasteiger partial charge in [0.1, 0.15) is 4.75 Å². The summed E-state index contributed by atoms with van der Waals surface area (Å²) in [6.07, 6.45) is 5.19. The number of hydrogen-bond donors (Lipinski definition) is 3. The van der Waals surface area contributed by atoms with Crippen molar-refractivity contribution in [2.24, 2.45) is 0 Å². The molecule has 1 saturated heterocycles. The van der Waals surface area contributed by atoms with E-state index in [9.17, 15) is 14.4 Å². The lowest BCUT2D eigenvalue weighted by molar-refractivity contribution is -0.140. The third-order valence-corrected chi connectivity index (χ3v) is 3.77. The van der Waals surface area contributed by atoms with Crippen LogP contribution in [0.3, 0.4) is 0 Å². The van der Waals surface area contributed by atoms with E-state index in [1.807, 2.05) is 6.92 Å². The molecule has 1 rings (SSSR count). The maximum atomic E-state index is 10.8. The molecule has 1 fully saturated rings. The van der Waals surface area contributed by atoms with Gasteiger partial charge in [-0.3, -0.25) is 19.7 Å². The van der Waals surface area contributed by atoms with Crippen molar-refractivity contribution in [2.75, 3.05) is 0 Å². The van der Waals surface area contributed by atoms with Crippen LogP contribution >= 0.6 is 12.6 Å². The first-order valence-electron chi connectivity index (χ1n) is 6.64. The predicted molar refractivity (Wildman–Crippen MR) is 76.2 cm³/mol. The average Bonchev–Trinajstić information content (AvgIpc) is 2.73. The van der Waals surface area contributed by atoms with Gasteiger partial charge < -0.3 is 5.11 Å². The molecule has 110 valence electrons. The van der Waals surface area contributed by atoms with Crippen LogP contribution in [0.15, 0.2) is 0 Å². The molecule has 0 spiro atoms. The number of carbonyl (C=O) groups is 3. The molecule has 0 bridgehead atoms. The number of thiol groups is 1. The first-order valence-corrected chi connectivity index (χ1v) is 7.09. The Labute approximate surface area is 119 Å². The van der Waals surface area contributed by atoms with E-state index >= 15 is 0 Å². The first-order chi connectivity index (χ1) is 8.85. The quantitative estimate of drug-likeness (QED) is 0.397. The third-order valence-electron chi connectivity index (χ3n) is 3.03. The number of carbonyl (C=O) groups excluding carboxylic acids is 2. The molecule has 0 aromatic carbocycles. The number of carboxylic acids is 1. The lowest BCUT2D eigenvalue weighted by atomic mass is 9.98. The summed E-state index contributed by atoms with van der Waals surface area (Å²) in [5.74, 6) is -1.08. The van der Waals surface area contributed by atoms with Gasteiger partial charge >= 0.3 is 5.97 Å². The lowest BCUT2D eigenvalue weighted by Crippen LogP contribution is -2.31. The zero-order valence-corrected chi connectivity index (χ0v) is 12.5. The van der Waals surface area contributed by atoms with Crippen LogP contribution in [0.25, 0.3) is 0 Å². The first kappa shape index (κ1) is 18.0. The van der Waals surface area contributed by atoms with Crippen molar-refractivity contribution >= 4 is 30.4 Å². The zero-order chi connectivity index (χ0) is 14.9. The van der Waals surface area contributed by atoms with Crippen LogP contribution in [-0.2, 0) is 14.4 Å². The Hall–Kier alpha value is -1.04. The third kappa shape index (κ3) is 7.20. The van der Waals surface area contributed by atoms with Gasteiger partial charge in [0, 0.05) is 12.8 Å². The Morgan fingerprint density at radius 1 is 1.26 bits per heavy atom. The van der Waals surface area contributed by atoms with Crippen LogP contribution in [0.1, 0.15) is 58.8 Å². The van der Waals surface area contributed by atoms with Gasteiger partial charge in [-0.1, -0.05) is 33.1 Å². The van der Waals surface area contributed by atoms with Crippen LogP contribution in [0.4, 0.5) is 0 Å². The van der Waals surface area contributed by atoms with Crippen molar-refractivity contribution < 1.29 is 19.5 Å². The summed E-state index contributed by atoms with van der Waals surface area (Å²) in [6, 6.07) is 0. The summed E-state index contributed by atoms with van der Waals surface area (Å²) in [5.41, 5.74) is 0. The maximum absolute atomic E-state index is 10.8. The summed E-state index contributed by atoms with van der Waals surface area (Å²) in [6.45, 7) is 3.97. The maximum Gasteiger partial charge on any atom is 0.319 e. The largest absolute Gasteiger partial charge is 0.480 e.